The highest BCUT2D eigenvalue weighted by molar-refractivity contribution is 5.88. The number of hydrogen-bond acceptors (Lipinski definition) is 4. The molecule has 2 atom stereocenters. The van der Waals surface area contributed by atoms with E-state index in [0.717, 1.165) is 12.8 Å². The fourth-order valence-electron chi connectivity index (χ4n) is 3.34. The van der Waals surface area contributed by atoms with Crippen LogP contribution in [0.15, 0.2) is 24.7 Å². The summed E-state index contributed by atoms with van der Waals surface area (Å²) >= 11 is 0. The van der Waals surface area contributed by atoms with Gasteiger partial charge in [0.1, 0.15) is 17.7 Å². The molecule has 136 valence electrons. The van der Waals surface area contributed by atoms with Gasteiger partial charge in [0.15, 0.2) is 0 Å². The number of carbonyl (C=O) groups is 1. The van der Waals surface area contributed by atoms with E-state index >= 15 is 0 Å². The molecular weight excluding hydrogens is 320 g/mol. The highest BCUT2D eigenvalue weighted by atomic mass is 16.3. The minimum Gasteiger partial charge on any atom is -0.385 e. The van der Waals surface area contributed by atoms with Crippen molar-refractivity contribution in [2.24, 2.45) is 13.0 Å². The van der Waals surface area contributed by atoms with Crippen LogP contribution in [0.4, 0.5) is 10.6 Å². The summed E-state index contributed by atoms with van der Waals surface area (Å²) in [6, 6.07) is 1.81. The minimum absolute atomic E-state index is 0.0180. The van der Waals surface area contributed by atoms with E-state index in [1.54, 1.807) is 28.0 Å². The van der Waals surface area contributed by atoms with Crippen LogP contribution in [0.2, 0.25) is 0 Å². The molecule has 2 aromatic rings. The Hall–Kier alpha value is -2.35. The number of hydrogen-bond donors (Lipinski definition) is 2. The molecule has 2 unspecified atom stereocenters. The Kier molecular flexibility index (Phi) is 5.08. The summed E-state index contributed by atoms with van der Waals surface area (Å²) in [4.78, 5) is 18.6. The van der Waals surface area contributed by atoms with Crippen LogP contribution in [0.1, 0.15) is 44.7 Å². The molecule has 0 radical (unpaired) electrons. The van der Waals surface area contributed by atoms with Gasteiger partial charge in [-0.05, 0) is 26.7 Å². The number of rotatable bonds is 4. The van der Waals surface area contributed by atoms with Crippen molar-refractivity contribution in [3.8, 4) is 0 Å². The fraction of sp³-hybridized carbons (Fsp3) is 0.588. The van der Waals surface area contributed by atoms with Gasteiger partial charge in [-0.15, -0.1) is 0 Å². The summed E-state index contributed by atoms with van der Waals surface area (Å²) in [5.41, 5.74) is 0. The number of piperidine rings is 1. The van der Waals surface area contributed by atoms with Crippen molar-refractivity contribution < 1.29 is 9.90 Å². The molecule has 0 aliphatic carbocycles. The van der Waals surface area contributed by atoms with Crippen LogP contribution in [0, 0.1) is 5.92 Å². The Morgan fingerprint density at radius 2 is 2.20 bits per heavy atom. The summed E-state index contributed by atoms with van der Waals surface area (Å²) < 4.78 is 3.60. The number of aliphatic hydroxyl groups excluding tert-OH is 1. The molecule has 1 aliphatic rings. The van der Waals surface area contributed by atoms with E-state index < -0.39 is 6.10 Å². The van der Waals surface area contributed by atoms with Crippen LogP contribution < -0.4 is 5.32 Å². The summed E-state index contributed by atoms with van der Waals surface area (Å²) in [5.74, 6) is 1.31. The lowest BCUT2D eigenvalue weighted by Gasteiger charge is -2.34. The molecule has 2 amide bonds. The van der Waals surface area contributed by atoms with E-state index in [0.29, 0.717) is 24.7 Å². The van der Waals surface area contributed by atoms with Gasteiger partial charge in [-0.3, -0.25) is 5.32 Å². The predicted molar refractivity (Wildman–Crippen MR) is 94.1 cm³/mol. The molecule has 8 heteroatoms. The number of aliphatic hydroxyl groups is 1. The van der Waals surface area contributed by atoms with Crippen molar-refractivity contribution in [1.82, 2.24) is 24.2 Å². The highest BCUT2D eigenvalue weighted by Crippen LogP contribution is 2.29. The van der Waals surface area contributed by atoms with E-state index in [2.05, 4.69) is 15.4 Å². The fourth-order valence-corrected chi connectivity index (χ4v) is 3.34. The molecule has 1 aliphatic heterocycles. The standard InChI is InChI=1S/C17H26N6O2/c1-12(2)23-14(6-7-19-23)20-17(25)22-9-4-5-13(11-22)15(24)16-18-8-10-21(16)3/h6-8,10,12-13,15,24H,4-5,9,11H2,1-3H3,(H,20,25). The molecule has 3 heterocycles. The zero-order valence-corrected chi connectivity index (χ0v) is 15.0. The van der Waals surface area contributed by atoms with E-state index in [-0.39, 0.29) is 18.0 Å². The molecule has 0 aromatic carbocycles. The lowest BCUT2D eigenvalue weighted by molar-refractivity contribution is 0.0552. The lowest BCUT2D eigenvalue weighted by Crippen LogP contribution is -2.44. The third kappa shape index (κ3) is 3.68. The maximum Gasteiger partial charge on any atom is 0.323 e. The van der Waals surface area contributed by atoms with E-state index in [4.69, 9.17) is 0 Å². The zero-order chi connectivity index (χ0) is 18.0. The SMILES string of the molecule is CC(C)n1nccc1NC(=O)N1CCCC(C(O)c2nccn2C)C1. The highest BCUT2D eigenvalue weighted by Gasteiger charge is 2.31. The lowest BCUT2D eigenvalue weighted by atomic mass is 9.92. The number of carbonyl (C=O) groups excluding carboxylic acids is 1. The van der Waals surface area contributed by atoms with Crippen LogP contribution in [0.5, 0.6) is 0 Å². The molecule has 2 aromatic heterocycles. The largest absolute Gasteiger partial charge is 0.385 e. The molecule has 1 fully saturated rings. The van der Waals surface area contributed by atoms with Crippen molar-refractivity contribution in [2.75, 3.05) is 18.4 Å². The van der Waals surface area contributed by atoms with Gasteiger partial charge >= 0.3 is 6.03 Å². The molecule has 25 heavy (non-hydrogen) atoms. The monoisotopic (exact) mass is 346 g/mol. The number of aryl methyl sites for hydroxylation is 1. The van der Waals surface area contributed by atoms with Crippen LogP contribution in [-0.2, 0) is 7.05 Å². The van der Waals surface area contributed by atoms with Gasteiger partial charge in [-0.2, -0.15) is 5.10 Å². The number of aromatic nitrogens is 4. The van der Waals surface area contributed by atoms with Crippen LogP contribution in [-0.4, -0.2) is 48.5 Å². The van der Waals surface area contributed by atoms with Crippen molar-refractivity contribution in [1.29, 1.82) is 0 Å². The second kappa shape index (κ2) is 7.26. The van der Waals surface area contributed by atoms with Crippen molar-refractivity contribution >= 4 is 11.8 Å². The molecular formula is C17H26N6O2. The van der Waals surface area contributed by atoms with E-state index in [9.17, 15) is 9.90 Å². The van der Waals surface area contributed by atoms with Gasteiger partial charge in [0, 0.05) is 50.6 Å². The van der Waals surface area contributed by atoms with Gasteiger partial charge in [0.25, 0.3) is 0 Å². The Balaban J connectivity index is 1.65. The Bertz CT molecular complexity index is 722. The van der Waals surface area contributed by atoms with Gasteiger partial charge in [-0.1, -0.05) is 0 Å². The van der Waals surface area contributed by atoms with E-state index in [1.165, 1.54) is 0 Å². The first-order chi connectivity index (χ1) is 12.0. The summed E-state index contributed by atoms with van der Waals surface area (Å²) in [6.07, 6.45) is 6.25. The zero-order valence-electron chi connectivity index (χ0n) is 15.0. The average Bonchev–Trinajstić information content (AvgIpc) is 3.23. The maximum atomic E-state index is 12.6. The molecule has 8 nitrogen and oxygen atoms in total. The summed E-state index contributed by atoms with van der Waals surface area (Å²) in [5, 5.41) is 17.8. The van der Waals surface area contributed by atoms with Gasteiger partial charge in [0.05, 0.1) is 6.20 Å². The minimum atomic E-state index is -0.670. The molecule has 1 saturated heterocycles. The van der Waals surface area contributed by atoms with Crippen LogP contribution in [0.25, 0.3) is 0 Å². The Labute approximate surface area is 147 Å². The average molecular weight is 346 g/mol. The Morgan fingerprint density at radius 1 is 1.40 bits per heavy atom. The van der Waals surface area contributed by atoms with Crippen LogP contribution in [0.3, 0.4) is 0 Å². The second-order valence-corrected chi connectivity index (χ2v) is 6.87. The normalized spacial score (nSPS) is 19.2. The number of amides is 2. The molecule has 3 rings (SSSR count). The molecule has 2 N–H and O–H groups in total. The number of likely N-dealkylation sites (tertiary alicyclic amines) is 1. The number of imidazole rings is 1. The van der Waals surface area contributed by atoms with Gasteiger partial charge in [-0.25, -0.2) is 14.5 Å². The summed E-state index contributed by atoms with van der Waals surface area (Å²) in [6.45, 7) is 5.23. The van der Waals surface area contributed by atoms with Crippen molar-refractivity contribution in [3.63, 3.8) is 0 Å². The number of nitrogens with one attached hydrogen (secondary N) is 1. The second-order valence-electron chi connectivity index (χ2n) is 6.87. The number of anilines is 1. The third-order valence-corrected chi connectivity index (χ3v) is 4.71. The maximum absolute atomic E-state index is 12.6. The van der Waals surface area contributed by atoms with Crippen molar-refractivity contribution in [2.45, 2.75) is 38.8 Å². The van der Waals surface area contributed by atoms with Gasteiger partial charge in [0.2, 0.25) is 0 Å². The molecule has 0 spiro atoms. The first-order valence-corrected chi connectivity index (χ1v) is 8.72. The first kappa shape index (κ1) is 17.5. The number of nitrogens with zero attached hydrogens (tertiary/aromatic N) is 5. The van der Waals surface area contributed by atoms with E-state index in [1.807, 2.05) is 31.7 Å². The quantitative estimate of drug-likeness (QED) is 0.888. The van der Waals surface area contributed by atoms with Crippen molar-refractivity contribution in [3.05, 3.63) is 30.5 Å². The molecule has 0 bridgehead atoms. The first-order valence-electron chi connectivity index (χ1n) is 8.72. The van der Waals surface area contributed by atoms with Gasteiger partial charge < -0.3 is 14.6 Å². The smallest absolute Gasteiger partial charge is 0.323 e. The molecule has 0 saturated carbocycles. The predicted octanol–water partition coefficient (Wildman–Crippen LogP) is 2.17. The Morgan fingerprint density at radius 3 is 2.88 bits per heavy atom. The van der Waals surface area contributed by atoms with Crippen LogP contribution >= 0.6 is 0 Å². The third-order valence-electron chi connectivity index (χ3n) is 4.71. The topological polar surface area (TPSA) is 88.2 Å². The summed E-state index contributed by atoms with van der Waals surface area (Å²) in [7, 11) is 1.87. The number of urea groups is 1.